The Kier molecular flexibility index (Phi) is 9.69. The van der Waals surface area contributed by atoms with E-state index in [0.29, 0.717) is 18.7 Å². The molecule has 1 atom stereocenters. The van der Waals surface area contributed by atoms with Crippen molar-refractivity contribution in [1.82, 2.24) is 10.2 Å². The van der Waals surface area contributed by atoms with E-state index >= 15 is 0 Å². The van der Waals surface area contributed by atoms with Crippen LogP contribution in [0.25, 0.3) is 0 Å². The van der Waals surface area contributed by atoms with Crippen LogP contribution in [0.3, 0.4) is 0 Å². The number of aryl methyl sites for hydroxylation is 3. The molecule has 0 fully saturated rings. The van der Waals surface area contributed by atoms with Gasteiger partial charge in [0.05, 0.1) is 11.9 Å². The summed E-state index contributed by atoms with van der Waals surface area (Å²) < 4.78 is 27.0. The van der Waals surface area contributed by atoms with Crippen LogP contribution in [-0.4, -0.2) is 50.5 Å². The number of likely N-dealkylation sites (N-methyl/N-ethyl adjacent to an activating group) is 1. The van der Waals surface area contributed by atoms with Gasteiger partial charge in [0.15, 0.2) is 0 Å². The van der Waals surface area contributed by atoms with Gasteiger partial charge in [0, 0.05) is 19.5 Å². The molecule has 3 aromatic carbocycles. The van der Waals surface area contributed by atoms with Crippen LogP contribution >= 0.6 is 0 Å². The minimum atomic E-state index is -3.79. The van der Waals surface area contributed by atoms with E-state index in [1.54, 1.807) is 6.07 Å². The standard InChI is InChI=1S/C30H37N3O4S/c1-6-31-30(35)28(19-25-13-8-7-9-14-25)32(20-26-15-11-10-12-23(26)3)29(34)21-33(38(5,36)37)27-17-16-22(2)18-24(27)4/h7-18,28H,6,19-21H2,1-5H3,(H,31,35)/t28-/m1/s1. The zero-order chi connectivity index (χ0) is 27.9. The average Bonchev–Trinajstić information content (AvgIpc) is 2.86. The first-order valence-corrected chi connectivity index (χ1v) is 14.6. The number of hydrogen-bond donors (Lipinski definition) is 1. The molecule has 7 nitrogen and oxygen atoms in total. The Morgan fingerprint density at radius 1 is 0.895 bits per heavy atom. The molecule has 0 spiro atoms. The summed E-state index contributed by atoms with van der Waals surface area (Å²) in [5.74, 6) is -0.735. The summed E-state index contributed by atoms with van der Waals surface area (Å²) in [5.41, 5.74) is 4.96. The van der Waals surface area contributed by atoms with E-state index in [2.05, 4.69) is 5.32 Å². The fourth-order valence-electron chi connectivity index (χ4n) is 4.50. The molecule has 0 saturated carbocycles. The van der Waals surface area contributed by atoms with E-state index in [1.807, 2.05) is 94.4 Å². The first-order valence-electron chi connectivity index (χ1n) is 12.7. The van der Waals surface area contributed by atoms with E-state index in [4.69, 9.17) is 0 Å². The van der Waals surface area contributed by atoms with Crippen LogP contribution in [0.2, 0.25) is 0 Å². The summed E-state index contributed by atoms with van der Waals surface area (Å²) in [7, 11) is -3.79. The van der Waals surface area contributed by atoms with Gasteiger partial charge in [0.1, 0.15) is 12.6 Å². The van der Waals surface area contributed by atoms with Crippen LogP contribution in [0.15, 0.2) is 72.8 Å². The Morgan fingerprint density at radius 3 is 2.16 bits per heavy atom. The van der Waals surface area contributed by atoms with E-state index < -0.39 is 28.5 Å². The third-order valence-corrected chi connectivity index (χ3v) is 7.65. The van der Waals surface area contributed by atoms with Crippen LogP contribution in [0.1, 0.15) is 34.7 Å². The van der Waals surface area contributed by atoms with Crippen LogP contribution in [0, 0.1) is 20.8 Å². The number of carbonyl (C=O) groups is 2. The summed E-state index contributed by atoms with van der Waals surface area (Å²) >= 11 is 0. The Labute approximate surface area is 226 Å². The van der Waals surface area contributed by atoms with Gasteiger partial charge in [-0.25, -0.2) is 8.42 Å². The summed E-state index contributed by atoms with van der Waals surface area (Å²) in [6.45, 7) is 7.70. The molecule has 2 amide bonds. The van der Waals surface area contributed by atoms with E-state index in [1.165, 1.54) is 4.90 Å². The topological polar surface area (TPSA) is 86.8 Å². The Morgan fingerprint density at radius 2 is 1.55 bits per heavy atom. The van der Waals surface area contributed by atoms with Crippen molar-refractivity contribution >= 4 is 27.5 Å². The molecule has 0 radical (unpaired) electrons. The van der Waals surface area contributed by atoms with Gasteiger partial charge < -0.3 is 10.2 Å². The van der Waals surface area contributed by atoms with Crippen LogP contribution < -0.4 is 9.62 Å². The molecule has 38 heavy (non-hydrogen) atoms. The minimum absolute atomic E-state index is 0.171. The number of rotatable bonds is 11. The van der Waals surface area contributed by atoms with Crippen LogP contribution in [0.5, 0.6) is 0 Å². The first-order chi connectivity index (χ1) is 18.0. The lowest BCUT2D eigenvalue weighted by atomic mass is 10.0. The predicted octanol–water partition coefficient (Wildman–Crippen LogP) is 4.15. The van der Waals surface area contributed by atoms with Gasteiger partial charge in [-0.3, -0.25) is 13.9 Å². The number of nitrogens with zero attached hydrogens (tertiary/aromatic N) is 2. The predicted molar refractivity (Wildman–Crippen MR) is 152 cm³/mol. The highest BCUT2D eigenvalue weighted by atomic mass is 32.2. The van der Waals surface area contributed by atoms with E-state index in [-0.39, 0.29) is 12.5 Å². The molecule has 0 unspecified atom stereocenters. The molecule has 0 bridgehead atoms. The summed E-state index contributed by atoms with van der Waals surface area (Å²) in [4.78, 5) is 28.9. The molecule has 0 aliphatic rings. The zero-order valence-corrected chi connectivity index (χ0v) is 23.6. The molecule has 0 aliphatic heterocycles. The fraction of sp³-hybridized carbons (Fsp3) is 0.333. The second-order valence-electron chi connectivity index (χ2n) is 9.61. The lowest BCUT2D eigenvalue weighted by Crippen LogP contribution is -2.53. The Balaban J connectivity index is 2.07. The molecule has 1 N–H and O–H groups in total. The van der Waals surface area contributed by atoms with Gasteiger partial charge in [-0.05, 0) is 56.0 Å². The second-order valence-corrected chi connectivity index (χ2v) is 11.5. The third-order valence-electron chi connectivity index (χ3n) is 6.52. The molecular formula is C30H37N3O4S. The van der Waals surface area contributed by atoms with Gasteiger partial charge in [-0.15, -0.1) is 0 Å². The molecule has 3 rings (SSSR count). The lowest BCUT2D eigenvalue weighted by Gasteiger charge is -2.34. The maximum atomic E-state index is 14.0. The molecular weight excluding hydrogens is 498 g/mol. The largest absolute Gasteiger partial charge is 0.355 e. The smallest absolute Gasteiger partial charge is 0.244 e. The quantitative estimate of drug-likeness (QED) is 0.400. The van der Waals surface area contributed by atoms with Crippen molar-refractivity contribution < 1.29 is 18.0 Å². The second kappa shape index (κ2) is 12.7. The highest BCUT2D eigenvalue weighted by molar-refractivity contribution is 7.92. The highest BCUT2D eigenvalue weighted by Crippen LogP contribution is 2.25. The van der Waals surface area contributed by atoms with E-state index in [9.17, 15) is 18.0 Å². The zero-order valence-electron chi connectivity index (χ0n) is 22.8. The number of anilines is 1. The number of sulfonamides is 1. The summed E-state index contributed by atoms with van der Waals surface area (Å²) in [5, 5.41) is 2.87. The molecule has 202 valence electrons. The maximum Gasteiger partial charge on any atom is 0.244 e. The Hall–Kier alpha value is -3.65. The van der Waals surface area contributed by atoms with Crippen molar-refractivity contribution in [3.8, 4) is 0 Å². The molecule has 8 heteroatoms. The van der Waals surface area contributed by atoms with Crippen LogP contribution in [0.4, 0.5) is 5.69 Å². The number of benzene rings is 3. The van der Waals surface area contributed by atoms with Crippen molar-refractivity contribution in [3.63, 3.8) is 0 Å². The van der Waals surface area contributed by atoms with Gasteiger partial charge in [0.25, 0.3) is 0 Å². The normalized spacial score (nSPS) is 12.0. The minimum Gasteiger partial charge on any atom is -0.355 e. The van der Waals surface area contributed by atoms with Crippen molar-refractivity contribution in [1.29, 1.82) is 0 Å². The summed E-state index contributed by atoms with van der Waals surface area (Å²) in [6.07, 6.45) is 1.39. The van der Waals surface area contributed by atoms with Gasteiger partial charge in [-0.2, -0.15) is 0 Å². The number of hydrogen-bond acceptors (Lipinski definition) is 4. The molecule has 3 aromatic rings. The number of carbonyl (C=O) groups excluding carboxylic acids is 2. The maximum absolute atomic E-state index is 14.0. The third kappa shape index (κ3) is 7.44. The number of amides is 2. The van der Waals surface area contributed by atoms with Crippen molar-refractivity contribution in [2.45, 2.75) is 46.7 Å². The lowest BCUT2D eigenvalue weighted by molar-refractivity contribution is -0.140. The molecule has 0 aliphatic carbocycles. The molecule has 0 heterocycles. The first kappa shape index (κ1) is 28.9. The van der Waals surface area contributed by atoms with Gasteiger partial charge in [0.2, 0.25) is 21.8 Å². The fourth-order valence-corrected chi connectivity index (χ4v) is 5.40. The van der Waals surface area contributed by atoms with Crippen molar-refractivity contribution in [2.24, 2.45) is 0 Å². The summed E-state index contributed by atoms with van der Waals surface area (Å²) in [6, 6.07) is 21.8. The average molecular weight is 536 g/mol. The number of nitrogens with one attached hydrogen (secondary N) is 1. The highest BCUT2D eigenvalue weighted by Gasteiger charge is 2.33. The van der Waals surface area contributed by atoms with Gasteiger partial charge in [-0.1, -0.05) is 72.3 Å². The van der Waals surface area contributed by atoms with E-state index in [0.717, 1.165) is 38.4 Å². The van der Waals surface area contributed by atoms with Crippen LogP contribution in [-0.2, 0) is 32.6 Å². The Bertz CT molecular complexity index is 1370. The van der Waals surface area contributed by atoms with Crippen molar-refractivity contribution in [3.05, 3.63) is 101 Å². The molecule has 0 saturated heterocycles. The molecule has 0 aromatic heterocycles. The SMILES string of the molecule is CCNC(=O)[C@@H](Cc1ccccc1)N(Cc1ccccc1C)C(=O)CN(c1ccc(C)cc1C)S(C)(=O)=O. The van der Waals surface area contributed by atoms with Crippen molar-refractivity contribution in [2.75, 3.05) is 23.7 Å². The van der Waals surface area contributed by atoms with Gasteiger partial charge >= 0.3 is 0 Å². The monoisotopic (exact) mass is 535 g/mol.